The maximum atomic E-state index is 12.7. The van der Waals surface area contributed by atoms with Crippen LogP contribution < -0.4 is 0 Å². The van der Waals surface area contributed by atoms with Gasteiger partial charge in [-0.15, -0.1) is 0 Å². The molecule has 0 aliphatic heterocycles. The molecule has 0 bridgehead atoms. The summed E-state index contributed by atoms with van der Waals surface area (Å²) in [4.78, 5) is 12.7. The van der Waals surface area contributed by atoms with Crippen molar-refractivity contribution in [2.45, 2.75) is 116 Å². The Morgan fingerprint density at radius 2 is 1.72 bits per heavy atom. The maximum Gasteiger partial charge on any atom is 0.192 e. The molecule has 0 aromatic rings. The molecular formula is C25H44O3Si. The normalized spacial score (nSPS) is 48.1. The van der Waals surface area contributed by atoms with Crippen LogP contribution in [0.4, 0.5) is 0 Å². The van der Waals surface area contributed by atoms with E-state index in [1.807, 2.05) is 0 Å². The summed E-state index contributed by atoms with van der Waals surface area (Å²) in [6, 6.07) is 0. The number of hydrogen-bond donors (Lipinski definition) is 1. The van der Waals surface area contributed by atoms with Crippen molar-refractivity contribution in [3.05, 3.63) is 0 Å². The second-order valence-corrected chi connectivity index (χ2v) is 17.7. The molecule has 166 valence electrons. The van der Waals surface area contributed by atoms with Gasteiger partial charge in [-0.1, -0.05) is 27.7 Å². The van der Waals surface area contributed by atoms with Gasteiger partial charge in [0.1, 0.15) is 5.78 Å². The molecule has 0 unspecified atom stereocenters. The largest absolute Gasteiger partial charge is 0.414 e. The Morgan fingerprint density at radius 3 is 2.38 bits per heavy atom. The third-order valence-corrected chi connectivity index (χ3v) is 15.2. The minimum atomic E-state index is -1.73. The smallest absolute Gasteiger partial charge is 0.192 e. The van der Waals surface area contributed by atoms with Crippen molar-refractivity contribution in [2.24, 2.45) is 34.5 Å². The van der Waals surface area contributed by atoms with Crippen LogP contribution in [0.25, 0.3) is 0 Å². The maximum absolute atomic E-state index is 12.7. The Hall–Kier alpha value is -0.193. The number of ketones is 1. The van der Waals surface area contributed by atoms with Crippen molar-refractivity contribution in [3.63, 3.8) is 0 Å². The summed E-state index contributed by atoms with van der Waals surface area (Å²) in [7, 11) is -1.73. The van der Waals surface area contributed by atoms with Crippen LogP contribution >= 0.6 is 0 Å². The van der Waals surface area contributed by atoms with E-state index < -0.39 is 19.8 Å². The zero-order valence-corrected chi connectivity index (χ0v) is 20.9. The van der Waals surface area contributed by atoms with Gasteiger partial charge in [-0.3, -0.25) is 4.79 Å². The molecule has 0 amide bonds. The summed E-state index contributed by atoms with van der Waals surface area (Å²) < 4.78 is 6.84. The molecule has 3 nitrogen and oxygen atoms in total. The molecule has 0 spiro atoms. The van der Waals surface area contributed by atoms with Gasteiger partial charge >= 0.3 is 0 Å². The van der Waals surface area contributed by atoms with E-state index in [1.54, 1.807) is 0 Å². The molecule has 4 aliphatic carbocycles. The SMILES string of the molecule is CC(C)(C)[Si](C)(C)O[C@@H]1CC[C@@]2(C)[C@H](CC[C@@H]3[C@@H]2C[C@H](O)[C@]2(C)C(=O)CC[C@@H]32)C1. The molecule has 4 saturated carbocycles. The Labute approximate surface area is 179 Å². The lowest BCUT2D eigenvalue weighted by Crippen LogP contribution is -2.59. The first kappa shape index (κ1) is 22.0. The number of carbonyl (C=O) groups excluding carboxylic acids is 1. The van der Waals surface area contributed by atoms with Crippen LogP contribution in [0.3, 0.4) is 0 Å². The van der Waals surface area contributed by atoms with E-state index in [2.05, 4.69) is 47.7 Å². The van der Waals surface area contributed by atoms with E-state index in [-0.39, 0.29) is 5.04 Å². The van der Waals surface area contributed by atoms with E-state index in [1.165, 1.54) is 32.1 Å². The van der Waals surface area contributed by atoms with Gasteiger partial charge in [0.05, 0.1) is 11.5 Å². The molecule has 0 aromatic heterocycles. The highest BCUT2D eigenvalue weighted by atomic mass is 28.4. The van der Waals surface area contributed by atoms with Crippen molar-refractivity contribution in [2.75, 3.05) is 0 Å². The Kier molecular flexibility index (Phi) is 5.24. The van der Waals surface area contributed by atoms with E-state index in [4.69, 9.17) is 4.43 Å². The molecule has 0 heterocycles. The Morgan fingerprint density at radius 1 is 1.03 bits per heavy atom. The fourth-order valence-electron chi connectivity index (χ4n) is 7.67. The number of aliphatic hydroxyl groups is 1. The highest BCUT2D eigenvalue weighted by molar-refractivity contribution is 6.74. The molecule has 0 radical (unpaired) electrons. The van der Waals surface area contributed by atoms with Crippen molar-refractivity contribution in [1.29, 1.82) is 0 Å². The fraction of sp³-hybridized carbons (Fsp3) is 0.960. The number of aliphatic hydroxyl groups excluding tert-OH is 1. The average Bonchev–Trinajstić information content (AvgIpc) is 2.92. The van der Waals surface area contributed by atoms with Crippen LogP contribution in [-0.4, -0.2) is 31.4 Å². The third-order valence-electron chi connectivity index (χ3n) is 10.7. The quantitative estimate of drug-likeness (QED) is 0.561. The first-order chi connectivity index (χ1) is 13.3. The minimum Gasteiger partial charge on any atom is -0.414 e. The Balaban J connectivity index is 1.52. The third kappa shape index (κ3) is 3.22. The molecule has 0 saturated heterocycles. The minimum absolute atomic E-state index is 0.262. The van der Waals surface area contributed by atoms with Gasteiger partial charge in [-0.05, 0) is 99.1 Å². The summed E-state index contributed by atoms with van der Waals surface area (Å²) in [5, 5.41) is 11.4. The lowest BCUT2D eigenvalue weighted by molar-refractivity contribution is -0.168. The number of Topliss-reactive ketones (excluding diaryl/α,β-unsaturated/α-hetero) is 1. The van der Waals surface area contributed by atoms with Gasteiger partial charge in [0.2, 0.25) is 0 Å². The lowest BCUT2D eigenvalue weighted by atomic mass is 9.44. The molecule has 4 aliphatic rings. The van der Waals surface area contributed by atoms with Gasteiger partial charge in [-0.2, -0.15) is 0 Å². The molecule has 8 atom stereocenters. The summed E-state index contributed by atoms with van der Waals surface area (Å²) in [5.41, 5.74) is -0.156. The molecular weight excluding hydrogens is 376 g/mol. The summed E-state index contributed by atoms with van der Waals surface area (Å²) in [5.74, 6) is 2.65. The molecule has 0 aromatic carbocycles. The summed E-state index contributed by atoms with van der Waals surface area (Å²) in [6.45, 7) is 16.4. The monoisotopic (exact) mass is 420 g/mol. The predicted octanol–water partition coefficient (Wildman–Crippen LogP) is 5.96. The second-order valence-electron chi connectivity index (χ2n) is 12.9. The summed E-state index contributed by atoms with van der Waals surface area (Å²) >= 11 is 0. The highest BCUT2D eigenvalue weighted by Crippen LogP contribution is 2.65. The van der Waals surface area contributed by atoms with Crippen LogP contribution in [0.1, 0.15) is 86.0 Å². The van der Waals surface area contributed by atoms with Crippen molar-refractivity contribution < 1.29 is 14.3 Å². The highest BCUT2D eigenvalue weighted by Gasteiger charge is 2.63. The van der Waals surface area contributed by atoms with E-state index in [0.717, 1.165) is 12.8 Å². The molecule has 4 heteroatoms. The Bertz CT molecular complexity index is 667. The average molecular weight is 421 g/mol. The number of rotatable bonds is 2. The predicted molar refractivity (Wildman–Crippen MR) is 120 cm³/mol. The molecule has 1 N–H and O–H groups in total. The molecule has 29 heavy (non-hydrogen) atoms. The van der Waals surface area contributed by atoms with Crippen LogP contribution in [-0.2, 0) is 9.22 Å². The van der Waals surface area contributed by atoms with Gasteiger partial charge in [-0.25, -0.2) is 0 Å². The van der Waals surface area contributed by atoms with Gasteiger partial charge in [0, 0.05) is 12.5 Å². The van der Waals surface area contributed by atoms with Gasteiger partial charge in [0.25, 0.3) is 0 Å². The molecule has 4 fully saturated rings. The first-order valence-electron chi connectivity index (χ1n) is 12.2. The first-order valence-corrected chi connectivity index (χ1v) is 15.1. The molecule has 4 rings (SSSR count). The second kappa shape index (κ2) is 6.90. The van der Waals surface area contributed by atoms with Crippen molar-refractivity contribution >= 4 is 14.1 Å². The van der Waals surface area contributed by atoms with Crippen LogP contribution in [0.15, 0.2) is 0 Å². The lowest BCUT2D eigenvalue weighted by Gasteiger charge is -2.61. The van der Waals surface area contributed by atoms with Crippen LogP contribution in [0.5, 0.6) is 0 Å². The zero-order valence-electron chi connectivity index (χ0n) is 19.9. The number of hydrogen-bond acceptors (Lipinski definition) is 3. The van der Waals surface area contributed by atoms with Gasteiger partial charge in [0.15, 0.2) is 8.32 Å². The fourth-order valence-corrected chi connectivity index (χ4v) is 9.07. The van der Waals surface area contributed by atoms with E-state index in [0.29, 0.717) is 47.4 Å². The van der Waals surface area contributed by atoms with Crippen molar-refractivity contribution in [3.8, 4) is 0 Å². The standard InChI is InChI=1S/C25H44O3Si/c1-23(2,3)29(6,7)28-17-12-13-24(4)16(14-17)8-9-18-19-10-11-21(26)25(19,5)22(27)15-20(18)24/h16-20,22,27H,8-15H2,1-7H3/t16-,17-,18+,19+,20+,22+,24+,25+/m1/s1. The summed E-state index contributed by atoms with van der Waals surface area (Å²) in [6.07, 6.45) is 8.62. The van der Waals surface area contributed by atoms with Crippen LogP contribution in [0.2, 0.25) is 18.1 Å². The number of carbonyl (C=O) groups is 1. The van der Waals surface area contributed by atoms with Gasteiger partial charge < -0.3 is 9.53 Å². The van der Waals surface area contributed by atoms with E-state index >= 15 is 0 Å². The number of fused-ring (bicyclic) bond motifs is 5. The van der Waals surface area contributed by atoms with E-state index in [9.17, 15) is 9.90 Å². The zero-order chi connectivity index (χ0) is 21.4. The van der Waals surface area contributed by atoms with Crippen molar-refractivity contribution in [1.82, 2.24) is 0 Å². The van der Waals surface area contributed by atoms with Crippen LogP contribution in [0, 0.1) is 34.5 Å². The topological polar surface area (TPSA) is 46.5 Å².